The normalized spacial score (nSPS) is 13.4. The molecule has 0 saturated heterocycles. The number of hydrogen-bond donors (Lipinski definition) is 2. The minimum absolute atomic E-state index is 0.0655. The summed E-state index contributed by atoms with van der Waals surface area (Å²) in [5, 5.41) is 12.1. The summed E-state index contributed by atoms with van der Waals surface area (Å²) < 4.78 is 4.57. The predicted molar refractivity (Wildman–Crippen MR) is 70.3 cm³/mol. The van der Waals surface area contributed by atoms with Gasteiger partial charge in [0.1, 0.15) is 0 Å². The Morgan fingerprint density at radius 2 is 1.95 bits per heavy atom. The van der Waals surface area contributed by atoms with Crippen LogP contribution in [0.3, 0.4) is 0 Å². The minimum Gasteiger partial charge on any atom is -0.469 e. The molecule has 0 spiro atoms. The summed E-state index contributed by atoms with van der Waals surface area (Å²) >= 11 is 0. The number of esters is 1. The molecular weight excluding hydrogens is 246 g/mol. The Morgan fingerprint density at radius 3 is 2.47 bits per heavy atom. The molecule has 0 bridgehead atoms. The number of carbonyl (C=O) groups is 2. The smallest absolute Gasteiger partial charge is 0.313 e. The molecular formula is C14H19NO4. The van der Waals surface area contributed by atoms with E-state index in [2.05, 4.69) is 10.1 Å². The Hall–Kier alpha value is -1.88. The molecule has 0 fully saturated rings. The minimum atomic E-state index is -0.871. The van der Waals surface area contributed by atoms with Gasteiger partial charge in [-0.3, -0.25) is 9.59 Å². The van der Waals surface area contributed by atoms with Gasteiger partial charge in [-0.25, -0.2) is 0 Å². The van der Waals surface area contributed by atoms with E-state index in [4.69, 9.17) is 0 Å². The average molecular weight is 265 g/mol. The quantitative estimate of drug-likeness (QED) is 0.735. The van der Waals surface area contributed by atoms with E-state index < -0.39 is 18.0 Å². The van der Waals surface area contributed by atoms with Gasteiger partial charge in [0.25, 0.3) is 0 Å². The van der Waals surface area contributed by atoms with Crippen molar-refractivity contribution in [1.29, 1.82) is 0 Å². The summed E-state index contributed by atoms with van der Waals surface area (Å²) in [5.41, 5.74) is 0.895. The van der Waals surface area contributed by atoms with Gasteiger partial charge in [-0.2, -0.15) is 0 Å². The Morgan fingerprint density at radius 1 is 1.32 bits per heavy atom. The van der Waals surface area contributed by atoms with Crippen LogP contribution < -0.4 is 5.32 Å². The molecule has 104 valence electrons. The number of nitrogens with one attached hydrogen (secondary N) is 1. The van der Waals surface area contributed by atoms with Gasteiger partial charge in [-0.1, -0.05) is 30.3 Å². The van der Waals surface area contributed by atoms with Gasteiger partial charge < -0.3 is 15.2 Å². The molecule has 5 nitrogen and oxygen atoms in total. The maximum atomic E-state index is 11.7. The fourth-order valence-electron chi connectivity index (χ4n) is 1.67. The molecule has 2 atom stereocenters. The Balaban J connectivity index is 2.46. The number of ether oxygens (including phenoxy) is 1. The van der Waals surface area contributed by atoms with Crippen molar-refractivity contribution in [3.8, 4) is 0 Å². The highest BCUT2D eigenvalue weighted by Crippen LogP contribution is 2.05. The molecule has 19 heavy (non-hydrogen) atoms. The molecule has 0 aliphatic carbocycles. The van der Waals surface area contributed by atoms with E-state index in [0.29, 0.717) is 0 Å². The lowest BCUT2D eigenvalue weighted by atomic mass is 10.0. The highest BCUT2D eigenvalue weighted by Gasteiger charge is 2.24. The molecule has 0 aromatic heterocycles. The predicted octanol–water partition coefficient (Wildman–Crippen LogP) is 0.515. The molecule has 2 unspecified atom stereocenters. The molecule has 0 saturated carbocycles. The lowest BCUT2D eigenvalue weighted by molar-refractivity contribution is -0.148. The molecule has 2 N–H and O–H groups in total. The first-order chi connectivity index (χ1) is 9.04. The Labute approximate surface area is 112 Å². The first kappa shape index (κ1) is 15.2. The van der Waals surface area contributed by atoms with Crippen molar-refractivity contribution in [3.63, 3.8) is 0 Å². The second-order valence-electron chi connectivity index (χ2n) is 4.34. The van der Waals surface area contributed by atoms with Crippen LogP contribution in [-0.4, -0.2) is 36.7 Å². The summed E-state index contributed by atoms with van der Waals surface area (Å²) in [5.74, 6) is -1.47. The van der Waals surface area contributed by atoms with Gasteiger partial charge in [0.05, 0.1) is 25.6 Å². The number of amides is 1. The maximum absolute atomic E-state index is 11.7. The van der Waals surface area contributed by atoms with E-state index in [0.717, 1.165) is 5.56 Å². The van der Waals surface area contributed by atoms with Crippen LogP contribution in [0, 0.1) is 5.92 Å². The van der Waals surface area contributed by atoms with E-state index in [9.17, 15) is 14.7 Å². The first-order valence-corrected chi connectivity index (χ1v) is 6.11. The van der Waals surface area contributed by atoms with Crippen molar-refractivity contribution in [2.75, 3.05) is 13.7 Å². The third-order valence-electron chi connectivity index (χ3n) is 2.81. The fraction of sp³-hybridized carbons (Fsp3) is 0.429. The number of aliphatic hydroxyl groups excluding tert-OH is 1. The summed E-state index contributed by atoms with van der Waals surface area (Å²) in [6.07, 6.45) is -0.626. The van der Waals surface area contributed by atoms with Crippen LogP contribution in [0.1, 0.15) is 12.5 Å². The lowest BCUT2D eigenvalue weighted by Gasteiger charge is -2.17. The van der Waals surface area contributed by atoms with Crippen molar-refractivity contribution in [2.24, 2.45) is 5.92 Å². The highest BCUT2D eigenvalue weighted by molar-refractivity contribution is 5.80. The van der Waals surface area contributed by atoms with E-state index in [1.165, 1.54) is 14.0 Å². The number of benzene rings is 1. The van der Waals surface area contributed by atoms with E-state index >= 15 is 0 Å². The van der Waals surface area contributed by atoms with Gasteiger partial charge in [-0.05, 0) is 12.5 Å². The standard InChI is InChI=1S/C14H19NO4/c1-10(16)12(14(18)19-2)9-15-13(17)8-11-6-4-3-5-7-11/h3-7,10,12,16H,8-9H2,1-2H3,(H,15,17). The third kappa shape index (κ3) is 5.09. The Kier molecular flexibility index (Phi) is 6.02. The van der Waals surface area contributed by atoms with Crippen LogP contribution in [0.15, 0.2) is 30.3 Å². The number of carbonyl (C=O) groups excluding carboxylic acids is 2. The van der Waals surface area contributed by atoms with E-state index in [-0.39, 0.29) is 18.9 Å². The van der Waals surface area contributed by atoms with Crippen LogP contribution in [-0.2, 0) is 20.7 Å². The SMILES string of the molecule is COC(=O)C(CNC(=O)Cc1ccccc1)C(C)O. The number of methoxy groups -OCH3 is 1. The zero-order valence-electron chi connectivity index (χ0n) is 11.1. The summed E-state index contributed by atoms with van der Waals surface area (Å²) in [4.78, 5) is 23.1. The average Bonchev–Trinajstić information content (AvgIpc) is 2.39. The van der Waals surface area contributed by atoms with Crippen LogP contribution in [0.5, 0.6) is 0 Å². The lowest BCUT2D eigenvalue weighted by Crippen LogP contribution is -2.39. The van der Waals surface area contributed by atoms with Gasteiger partial charge in [-0.15, -0.1) is 0 Å². The zero-order valence-corrected chi connectivity index (χ0v) is 11.1. The number of rotatable bonds is 6. The van der Waals surface area contributed by atoms with E-state index in [1.54, 1.807) is 0 Å². The second kappa shape index (κ2) is 7.53. The van der Waals surface area contributed by atoms with Crippen molar-refractivity contribution in [2.45, 2.75) is 19.4 Å². The molecule has 0 radical (unpaired) electrons. The molecule has 1 rings (SSSR count). The van der Waals surface area contributed by atoms with Gasteiger partial charge in [0.2, 0.25) is 5.91 Å². The first-order valence-electron chi connectivity index (χ1n) is 6.11. The second-order valence-corrected chi connectivity index (χ2v) is 4.34. The fourth-order valence-corrected chi connectivity index (χ4v) is 1.67. The summed E-state index contributed by atoms with van der Waals surface area (Å²) in [7, 11) is 1.25. The van der Waals surface area contributed by atoms with Gasteiger partial charge in [0.15, 0.2) is 0 Å². The monoisotopic (exact) mass is 265 g/mol. The largest absolute Gasteiger partial charge is 0.469 e. The van der Waals surface area contributed by atoms with Crippen LogP contribution in [0.4, 0.5) is 0 Å². The van der Waals surface area contributed by atoms with Crippen molar-refractivity contribution in [3.05, 3.63) is 35.9 Å². The molecule has 5 heteroatoms. The molecule has 1 aromatic rings. The van der Waals surface area contributed by atoms with Gasteiger partial charge in [0, 0.05) is 6.54 Å². The van der Waals surface area contributed by atoms with Crippen LogP contribution in [0.2, 0.25) is 0 Å². The summed E-state index contributed by atoms with van der Waals surface area (Å²) in [6.45, 7) is 1.56. The molecule has 0 aliphatic heterocycles. The number of hydrogen-bond acceptors (Lipinski definition) is 4. The highest BCUT2D eigenvalue weighted by atomic mass is 16.5. The van der Waals surface area contributed by atoms with E-state index in [1.807, 2.05) is 30.3 Å². The summed E-state index contributed by atoms with van der Waals surface area (Å²) in [6, 6.07) is 9.30. The van der Waals surface area contributed by atoms with Crippen molar-refractivity contribution < 1.29 is 19.4 Å². The zero-order chi connectivity index (χ0) is 14.3. The van der Waals surface area contributed by atoms with Crippen LogP contribution in [0.25, 0.3) is 0 Å². The molecule has 0 aliphatic rings. The molecule has 0 heterocycles. The van der Waals surface area contributed by atoms with Crippen molar-refractivity contribution in [1.82, 2.24) is 5.32 Å². The van der Waals surface area contributed by atoms with Crippen LogP contribution >= 0.6 is 0 Å². The molecule has 1 aromatic carbocycles. The molecule has 1 amide bonds. The van der Waals surface area contributed by atoms with Gasteiger partial charge >= 0.3 is 5.97 Å². The van der Waals surface area contributed by atoms with Crippen molar-refractivity contribution >= 4 is 11.9 Å². The topological polar surface area (TPSA) is 75.6 Å². The number of aliphatic hydroxyl groups is 1. The maximum Gasteiger partial charge on any atom is 0.313 e. The third-order valence-corrected chi connectivity index (χ3v) is 2.81. The Bertz CT molecular complexity index is 417.